The first-order valence-electron chi connectivity index (χ1n) is 7.98. The van der Waals surface area contributed by atoms with Crippen LogP contribution in [0.3, 0.4) is 0 Å². The Hall–Kier alpha value is -2.39. The van der Waals surface area contributed by atoms with E-state index in [4.69, 9.17) is 14.6 Å². The van der Waals surface area contributed by atoms with E-state index in [-0.39, 0.29) is 6.54 Å². The minimum Gasteiger partial charge on any atom is -0.423 e. The molecule has 2 aliphatic heterocycles. The highest BCUT2D eigenvalue weighted by Crippen LogP contribution is 2.28. The normalized spacial score (nSPS) is 20.6. The molecule has 0 bridgehead atoms. The number of ether oxygens (including phenoxy) is 2. The van der Waals surface area contributed by atoms with Crippen LogP contribution < -0.4 is 9.80 Å². The van der Waals surface area contributed by atoms with Gasteiger partial charge in [0.05, 0.1) is 31.1 Å². The van der Waals surface area contributed by atoms with Gasteiger partial charge in [-0.1, -0.05) is 0 Å². The molecule has 8 nitrogen and oxygen atoms in total. The Kier molecular flexibility index (Phi) is 5.05. The number of nitrogens with zero attached hydrogens (tertiary/aromatic N) is 3. The number of cyclic esters (lactones) is 1. The van der Waals surface area contributed by atoms with Gasteiger partial charge >= 0.3 is 6.09 Å². The second kappa shape index (κ2) is 7.24. The van der Waals surface area contributed by atoms with Crippen LogP contribution >= 0.6 is 0 Å². The molecule has 25 heavy (non-hydrogen) atoms. The summed E-state index contributed by atoms with van der Waals surface area (Å²) in [5, 5.41) is 8.90. The summed E-state index contributed by atoms with van der Waals surface area (Å²) in [6.45, 7) is 1.71. The van der Waals surface area contributed by atoms with Crippen molar-refractivity contribution < 1.29 is 28.6 Å². The van der Waals surface area contributed by atoms with E-state index in [9.17, 15) is 14.0 Å². The van der Waals surface area contributed by atoms with Gasteiger partial charge in [0, 0.05) is 20.1 Å². The Morgan fingerprint density at radius 3 is 2.76 bits per heavy atom. The van der Waals surface area contributed by atoms with Crippen LogP contribution in [0.15, 0.2) is 18.2 Å². The number of likely N-dealkylation sites (N-methyl/N-ethyl adjacent to an activating group) is 1. The highest BCUT2D eigenvalue weighted by Gasteiger charge is 2.36. The van der Waals surface area contributed by atoms with Crippen LogP contribution in [0, 0.1) is 5.82 Å². The van der Waals surface area contributed by atoms with Crippen molar-refractivity contribution in [2.24, 2.45) is 0 Å². The molecular formula is C16H20FN3O5. The highest BCUT2D eigenvalue weighted by molar-refractivity contribution is 5.90. The molecule has 2 saturated heterocycles. The Morgan fingerprint density at radius 2 is 2.12 bits per heavy atom. The maximum atomic E-state index is 14.5. The van der Waals surface area contributed by atoms with Crippen molar-refractivity contribution in [3.8, 4) is 0 Å². The molecule has 0 aliphatic carbocycles. The molecule has 1 aromatic carbocycles. The van der Waals surface area contributed by atoms with Gasteiger partial charge in [-0.2, -0.15) is 0 Å². The molecule has 9 heteroatoms. The zero-order chi connectivity index (χ0) is 18.0. The molecule has 0 spiro atoms. The number of hydrogen-bond donors (Lipinski definition) is 1. The van der Waals surface area contributed by atoms with Gasteiger partial charge in [0.25, 0.3) is 5.91 Å². The van der Waals surface area contributed by atoms with Crippen LogP contribution in [0.25, 0.3) is 0 Å². The first kappa shape index (κ1) is 17.4. The molecule has 1 atom stereocenters. The van der Waals surface area contributed by atoms with Gasteiger partial charge in [-0.15, -0.1) is 0 Å². The lowest BCUT2D eigenvalue weighted by Gasteiger charge is -2.29. The molecule has 1 unspecified atom stereocenters. The van der Waals surface area contributed by atoms with Crippen LogP contribution in [-0.4, -0.2) is 74.7 Å². The second-order valence-corrected chi connectivity index (χ2v) is 5.85. The summed E-state index contributed by atoms with van der Waals surface area (Å²) in [5.41, 5.74) is 0.815. The predicted octanol–water partition coefficient (Wildman–Crippen LogP) is 0.396. The van der Waals surface area contributed by atoms with Gasteiger partial charge in [-0.05, 0) is 18.2 Å². The second-order valence-electron chi connectivity index (χ2n) is 5.85. The van der Waals surface area contributed by atoms with Gasteiger partial charge in [0.15, 0.2) is 6.23 Å². The third-order valence-corrected chi connectivity index (χ3v) is 4.35. The summed E-state index contributed by atoms with van der Waals surface area (Å²) in [6.07, 6.45) is -1.49. The molecule has 0 radical (unpaired) electrons. The van der Waals surface area contributed by atoms with E-state index in [0.29, 0.717) is 37.7 Å². The first-order valence-corrected chi connectivity index (χ1v) is 7.98. The van der Waals surface area contributed by atoms with Crippen LogP contribution in [0.5, 0.6) is 0 Å². The maximum absolute atomic E-state index is 14.5. The van der Waals surface area contributed by atoms with Crippen LogP contribution in [0.2, 0.25) is 0 Å². The average Bonchev–Trinajstić information content (AvgIpc) is 3.02. The largest absolute Gasteiger partial charge is 0.423 e. The fraction of sp³-hybridized carbons (Fsp3) is 0.500. The Labute approximate surface area is 144 Å². The maximum Gasteiger partial charge on any atom is 0.416 e. The Morgan fingerprint density at radius 1 is 1.40 bits per heavy atom. The lowest BCUT2D eigenvalue weighted by atomic mass is 10.2. The fourth-order valence-electron chi connectivity index (χ4n) is 2.86. The Balaban J connectivity index is 1.74. The number of aliphatic hydroxyl groups excluding tert-OH is 1. The lowest BCUT2D eigenvalue weighted by molar-refractivity contribution is -0.139. The number of hydrogen-bond acceptors (Lipinski definition) is 6. The minimum atomic E-state index is -0.825. The van der Waals surface area contributed by atoms with Crippen LogP contribution in [0.4, 0.5) is 20.6 Å². The number of rotatable bonds is 4. The van der Waals surface area contributed by atoms with Crippen molar-refractivity contribution in [2.45, 2.75) is 6.23 Å². The number of aliphatic hydroxyl groups is 1. The number of carbonyl (C=O) groups excluding carboxylic acids is 2. The number of morpholine rings is 1. The van der Waals surface area contributed by atoms with Gasteiger partial charge in [0.2, 0.25) is 0 Å². The topological polar surface area (TPSA) is 82.6 Å². The smallest absolute Gasteiger partial charge is 0.416 e. The summed E-state index contributed by atoms with van der Waals surface area (Å²) in [7, 11) is 1.43. The average molecular weight is 353 g/mol. The predicted molar refractivity (Wildman–Crippen MR) is 86.9 cm³/mol. The monoisotopic (exact) mass is 353 g/mol. The summed E-state index contributed by atoms with van der Waals surface area (Å²) in [5.74, 6) is -0.996. The third kappa shape index (κ3) is 3.52. The van der Waals surface area contributed by atoms with Gasteiger partial charge in [-0.3, -0.25) is 9.69 Å². The van der Waals surface area contributed by atoms with E-state index in [1.165, 1.54) is 18.0 Å². The number of halogens is 1. The molecular weight excluding hydrogens is 333 g/mol. The van der Waals surface area contributed by atoms with Crippen molar-refractivity contribution in [2.75, 3.05) is 56.3 Å². The van der Waals surface area contributed by atoms with Gasteiger partial charge in [0.1, 0.15) is 12.4 Å². The third-order valence-electron chi connectivity index (χ3n) is 4.35. The molecule has 2 amide bonds. The highest BCUT2D eigenvalue weighted by atomic mass is 19.1. The van der Waals surface area contributed by atoms with Crippen molar-refractivity contribution in [1.29, 1.82) is 0 Å². The quantitative estimate of drug-likeness (QED) is 0.844. The lowest BCUT2D eigenvalue weighted by Crippen LogP contribution is -2.41. The molecule has 0 aromatic heterocycles. The van der Waals surface area contributed by atoms with Crippen LogP contribution in [0.1, 0.15) is 0 Å². The van der Waals surface area contributed by atoms with Crippen molar-refractivity contribution in [1.82, 2.24) is 4.90 Å². The molecule has 2 aliphatic rings. The van der Waals surface area contributed by atoms with E-state index >= 15 is 0 Å². The number of benzene rings is 1. The van der Waals surface area contributed by atoms with E-state index in [1.54, 1.807) is 12.1 Å². The summed E-state index contributed by atoms with van der Waals surface area (Å²) >= 11 is 0. The van der Waals surface area contributed by atoms with E-state index < -0.39 is 30.7 Å². The summed E-state index contributed by atoms with van der Waals surface area (Å²) < 4.78 is 24.9. The molecule has 2 heterocycles. The summed E-state index contributed by atoms with van der Waals surface area (Å²) in [4.78, 5) is 27.9. The molecule has 1 N–H and O–H groups in total. The fourth-order valence-corrected chi connectivity index (χ4v) is 2.86. The Bertz CT molecular complexity index is 665. The molecule has 136 valence electrons. The van der Waals surface area contributed by atoms with Gasteiger partial charge in [-0.25, -0.2) is 9.18 Å². The zero-order valence-electron chi connectivity index (χ0n) is 13.9. The SMILES string of the molecule is CN(C(=O)CO)C1CN(c2ccc(N3CCOCC3)c(F)c2)C(=O)O1. The standard InChI is InChI=1S/C16H20FN3O5/c1-18(14(22)10-21)15-9-20(16(23)25-15)11-2-3-13(12(17)8-11)19-4-6-24-7-5-19/h2-3,8,15,21H,4-7,9-10H2,1H3. The molecule has 2 fully saturated rings. The number of amides is 2. The van der Waals surface area contributed by atoms with E-state index in [0.717, 1.165) is 4.90 Å². The number of carbonyl (C=O) groups is 2. The van der Waals surface area contributed by atoms with Crippen molar-refractivity contribution >= 4 is 23.4 Å². The molecule has 1 aromatic rings. The zero-order valence-corrected chi connectivity index (χ0v) is 13.9. The van der Waals surface area contributed by atoms with Gasteiger partial charge < -0.3 is 24.4 Å². The first-order chi connectivity index (χ1) is 12.0. The van der Waals surface area contributed by atoms with Crippen LogP contribution in [-0.2, 0) is 14.3 Å². The molecule has 3 rings (SSSR count). The summed E-state index contributed by atoms with van der Waals surface area (Å²) in [6, 6.07) is 4.55. The minimum absolute atomic E-state index is 0.0669. The van der Waals surface area contributed by atoms with Crippen molar-refractivity contribution in [3.63, 3.8) is 0 Å². The van der Waals surface area contributed by atoms with E-state index in [1.807, 2.05) is 4.90 Å². The van der Waals surface area contributed by atoms with E-state index in [2.05, 4.69) is 0 Å². The molecule has 0 saturated carbocycles. The van der Waals surface area contributed by atoms with Crippen molar-refractivity contribution in [3.05, 3.63) is 24.0 Å². The number of anilines is 2.